The van der Waals surface area contributed by atoms with Crippen molar-refractivity contribution in [2.75, 3.05) is 10.6 Å². The van der Waals surface area contributed by atoms with Crippen LogP contribution in [0.4, 0.5) is 11.4 Å². The van der Waals surface area contributed by atoms with Gasteiger partial charge in [-0.25, -0.2) is 0 Å². The van der Waals surface area contributed by atoms with Gasteiger partial charge in [-0.3, -0.25) is 13.8 Å². The largest absolute Gasteiger partial charge is 0.507 e. The molecule has 0 spiro atoms. The highest BCUT2D eigenvalue weighted by molar-refractivity contribution is 7.84. The first-order valence-corrected chi connectivity index (χ1v) is 11.7. The molecule has 6 nitrogen and oxygen atoms in total. The lowest BCUT2D eigenvalue weighted by Gasteiger charge is -2.21. The second kappa shape index (κ2) is 10.4. The maximum atomic E-state index is 12.7. The zero-order valence-corrected chi connectivity index (χ0v) is 18.0. The average molecular weight is 429 g/mol. The summed E-state index contributed by atoms with van der Waals surface area (Å²) < 4.78 is 12.7. The molecule has 2 aromatic rings. The molecule has 2 amide bonds. The lowest BCUT2D eigenvalue weighted by atomic mass is 10.0. The quantitative estimate of drug-likeness (QED) is 0.563. The maximum absolute atomic E-state index is 12.7. The molecule has 0 aliphatic heterocycles. The van der Waals surface area contributed by atoms with Crippen LogP contribution >= 0.6 is 0 Å². The molecule has 3 rings (SSSR count). The summed E-state index contributed by atoms with van der Waals surface area (Å²) in [5, 5.41) is 15.8. The molecule has 1 fully saturated rings. The molecule has 1 aliphatic carbocycles. The minimum Gasteiger partial charge on any atom is -0.507 e. The van der Waals surface area contributed by atoms with E-state index in [1.165, 1.54) is 18.6 Å². The minimum atomic E-state index is -0.921. The minimum absolute atomic E-state index is 0.0695. The van der Waals surface area contributed by atoms with Gasteiger partial charge in [0.25, 0.3) is 5.91 Å². The van der Waals surface area contributed by atoms with Crippen LogP contribution in [0.25, 0.3) is 0 Å². The van der Waals surface area contributed by atoms with Gasteiger partial charge in [-0.15, -0.1) is 0 Å². The van der Waals surface area contributed by atoms with Gasteiger partial charge in [0.05, 0.1) is 5.56 Å². The molecule has 0 heterocycles. The molecule has 1 atom stereocenters. The van der Waals surface area contributed by atoms with E-state index in [-0.39, 0.29) is 22.5 Å². The third kappa shape index (κ3) is 5.92. The number of phenols is 1. The van der Waals surface area contributed by atoms with Crippen molar-refractivity contribution in [1.29, 1.82) is 0 Å². The number of carbonyl (C=O) groups is 2. The van der Waals surface area contributed by atoms with Gasteiger partial charge in [0.15, 0.2) is 0 Å². The van der Waals surface area contributed by atoms with Crippen LogP contribution in [0.3, 0.4) is 0 Å². The average Bonchev–Trinajstić information content (AvgIpc) is 2.75. The molecule has 1 unspecified atom stereocenters. The number of amides is 2. The molecule has 7 heteroatoms. The van der Waals surface area contributed by atoms with E-state index >= 15 is 0 Å². The van der Waals surface area contributed by atoms with Crippen molar-refractivity contribution in [2.45, 2.75) is 56.5 Å². The molecule has 30 heavy (non-hydrogen) atoms. The molecular formula is C23H28N2O4S. The monoisotopic (exact) mass is 428 g/mol. The maximum Gasteiger partial charge on any atom is 0.259 e. The summed E-state index contributed by atoms with van der Waals surface area (Å²) in [5.41, 5.74) is 1.99. The predicted molar refractivity (Wildman–Crippen MR) is 120 cm³/mol. The highest BCUT2D eigenvalue weighted by atomic mass is 32.2. The van der Waals surface area contributed by atoms with E-state index in [1.54, 1.807) is 19.1 Å². The van der Waals surface area contributed by atoms with Crippen molar-refractivity contribution < 1.29 is 18.9 Å². The summed E-state index contributed by atoms with van der Waals surface area (Å²) in [7, 11) is -0.921. The third-order valence-corrected chi connectivity index (χ3v) is 7.10. The Morgan fingerprint density at radius 2 is 1.77 bits per heavy atom. The van der Waals surface area contributed by atoms with Crippen LogP contribution in [0.1, 0.15) is 61.4 Å². The topological polar surface area (TPSA) is 95.5 Å². The van der Waals surface area contributed by atoms with E-state index in [2.05, 4.69) is 10.6 Å². The van der Waals surface area contributed by atoms with Gasteiger partial charge in [0.1, 0.15) is 5.75 Å². The Labute approximate surface area is 179 Å². The van der Waals surface area contributed by atoms with Crippen LogP contribution in [0, 0.1) is 0 Å². The molecule has 1 aliphatic rings. The number of nitrogens with one attached hydrogen (secondary N) is 2. The summed E-state index contributed by atoms with van der Waals surface area (Å²) in [6, 6.07) is 11.7. The molecule has 1 saturated carbocycles. The Balaban J connectivity index is 1.68. The summed E-state index contributed by atoms with van der Waals surface area (Å²) in [4.78, 5) is 24.3. The van der Waals surface area contributed by atoms with Gasteiger partial charge in [-0.05, 0) is 48.7 Å². The zero-order valence-electron chi connectivity index (χ0n) is 17.1. The van der Waals surface area contributed by atoms with Crippen molar-refractivity contribution in [1.82, 2.24) is 0 Å². The van der Waals surface area contributed by atoms with Crippen LogP contribution in [-0.4, -0.2) is 26.4 Å². The molecule has 160 valence electrons. The van der Waals surface area contributed by atoms with Crippen molar-refractivity contribution in [3.8, 4) is 5.75 Å². The Morgan fingerprint density at radius 3 is 2.50 bits per heavy atom. The van der Waals surface area contributed by atoms with E-state index in [9.17, 15) is 18.9 Å². The number of hydrogen-bond donors (Lipinski definition) is 3. The van der Waals surface area contributed by atoms with Gasteiger partial charge in [0, 0.05) is 39.6 Å². The van der Waals surface area contributed by atoms with E-state index in [0.717, 1.165) is 31.2 Å². The number of benzene rings is 2. The van der Waals surface area contributed by atoms with Gasteiger partial charge < -0.3 is 15.7 Å². The van der Waals surface area contributed by atoms with Crippen molar-refractivity contribution in [2.24, 2.45) is 0 Å². The van der Waals surface area contributed by atoms with Gasteiger partial charge >= 0.3 is 0 Å². The first kappa shape index (κ1) is 22.0. The van der Waals surface area contributed by atoms with Gasteiger partial charge in [0.2, 0.25) is 5.91 Å². The summed E-state index contributed by atoms with van der Waals surface area (Å²) in [5.74, 6) is -0.356. The van der Waals surface area contributed by atoms with Crippen LogP contribution in [0.2, 0.25) is 0 Å². The van der Waals surface area contributed by atoms with Crippen LogP contribution < -0.4 is 10.6 Å². The normalized spacial score (nSPS) is 15.4. The number of carbonyl (C=O) groups excluding carboxylic acids is 2. The number of anilines is 2. The number of rotatable bonds is 7. The fourth-order valence-electron chi connectivity index (χ4n) is 3.59. The highest BCUT2D eigenvalue weighted by Gasteiger charge is 2.20. The molecule has 0 aromatic heterocycles. The number of aromatic hydroxyl groups is 1. The highest BCUT2D eigenvalue weighted by Crippen LogP contribution is 2.26. The zero-order chi connectivity index (χ0) is 21.5. The Bertz CT molecular complexity index is 939. The second-order valence-electron chi connectivity index (χ2n) is 7.57. The van der Waals surface area contributed by atoms with Crippen LogP contribution in [0.5, 0.6) is 5.75 Å². The lowest BCUT2D eigenvalue weighted by molar-refractivity contribution is -0.115. The Morgan fingerprint density at radius 1 is 1.03 bits per heavy atom. The first-order valence-electron chi connectivity index (χ1n) is 10.4. The number of phenolic OH excluding ortho intramolecular Hbond substituents is 1. The molecule has 2 aromatic carbocycles. The lowest BCUT2D eigenvalue weighted by Crippen LogP contribution is -2.20. The van der Waals surface area contributed by atoms with Crippen molar-refractivity contribution >= 4 is 34.0 Å². The van der Waals surface area contributed by atoms with Gasteiger partial charge in [-0.1, -0.05) is 38.3 Å². The smallest absolute Gasteiger partial charge is 0.259 e. The van der Waals surface area contributed by atoms with E-state index in [4.69, 9.17) is 0 Å². The fourth-order valence-corrected chi connectivity index (χ4v) is 5.20. The Kier molecular flexibility index (Phi) is 7.63. The SMILES string of the molecule is CCC(=O)Nc1ccc(O)c(C(=O)Nc2cccc(CS(=O)C3CCCCC3)c2)c1. The molecule has 0 saturated heterocycles. The molecule has 0 radical (unpaired) electrons. The molecule has 3 N–H and O–H groups in total. The number of hydrogen-bond acceptors (Lipinski definition) is 4. The summed E-state index contributed by atoms with van der Waals surface area (Å²) >= 11 is 0. The van der Waals surface area contributed by atoms with E-state index < -0.39 is 16.7 Å². The Hall–Kier alpha value is -2.67. The molecule has 0 bridgehead atoms. The van der Waals surface area contributed by atoms with Gasteiger partial charge in [-0.2, -0.15) is 0 Å². The molecular weight excluding hydrogens is 400 g/mol. The first-order chi connectivity index (χ1) is 14.5. The van der Waals surface area contributed by atoms with Crippen LogP contribution in [0.15, 0.2) is 42.5 Å². The van der Waals surface area contributed by atoms with E-state index in [1.807, 2.05) is 18.2 Å². The summed E-state index contributed by atoms with van der Waals surface area (Å²) in [6.07, 6.45) is 5.88. The fraction of sp³-hybridized carbons (Fsp3) is 0.391. The van der Waals surface area contributed by atoms with Crippen LogP contribution in [-0.2, 0) is 21.3 Å². The third-order valence-electron chi connectivity index (χ3n) is 5.26. The van der Waals surface area contributed by atoms with E-state index in [0.29, 0.717) is 23.5 Å². The standard InChI is InChI=1S/C23H28N2O4S/c1-2-22(27)24-18-11-12-21(26)20(14-18)23(28)25-17-8-6-7-16(13-17)15-30(29)19-9-4-3-5-10-19/h6-8,11-14,19,26H,2-5,9-10,15H2,1H3,(H,24,27)(H,25,28). The second-order valence-corrected chi connectivity index (χ2v) is 9.29. The van der Waals surface area contributed by atoms with Crippen molar-refractivity contribution in [3.05, 3.63) is 53.6 Å². The predicted octanol–water partition coefficient (Wildman–Crippen LogP) is 4.57. The summed E-state index contributed by atoms with van der Waals surface area (Å²) in [6.45, 7) is 1.73. The van der Waals surface area contributed by atoms with Crippen molar-refractivity contribution in [3.63, 3.8) is 0 Å².